The fraction of sp³-hybridized carbons (Fsp3) is 0.333. The molecule has 1 saturated carbocycles. The van der Waals surface area contributed by atoms with Crippen LogP contribution in [0.3, 0.4) is 0 Å². The van der Waals surface area contributed by atoms with Gasteiger partial charge in [-0.3, -0.25) is 19.7 Å². The van der Waals surface area contributed by atoms with Gasteiger partial charge in [0.1, 0.15) is 0 Å². The Labute approximate surface area is 167 Å². The molecule has 1 fully saturated rings. The van der Waals surface area contributed by atoms with Crippen LogP contribution in [0.2, 0.25) is 5.02 Å². The molecule has 0 saturated heterocycles. The molecular formula is C21H20ClNO5. The molecule has 1 aliphatic carbocycles. The van der Waals surface area contributed by atoms with Gasteiger partial charge in [-0.05, 0) is 37.5 Å². The van der Waals surface area contributed by atoms with E-state index in [9.17, 15) is 19.7 Å². The maximum Gasteiger partial charge on any atom is 0.317 e. The number of nitro benzene ring substituents is 1. The molecule has 3 rings (SSSR count). The smallest absolute Gasteiger partial charge is 0.317 e. The third kappa shape index (κ3) is 3.92. The van der Waals surface area contributed by atoms with Crippen molar-refractivity contribution in [2.75, 3.05) is 6.61 Å². The zero-order valence-electron chi connectivity index (χ0n) is 15.4. The highest BCUT2D eigenvalue weighted by atomic mass is 35.5. The van der Waals surface area contributed by atoms with E-state index in [0.29, 0.717) is 23.4 Å². The summed E-state index contributed by atoms with van der Waals surface area (Å²) in [7, 11) is 0. The van der Waals surface area contributed by atoms with Crippen LogP contribution in [0.1, 0.15) is 47.2 Å². The number of halogens is 1. The Morgan fingerprint density at radius 2 is 1.79 bits per heavy atom. The predicted molar refractivity (Wildman–Crippen MR) is 105 cm³/mol. The van der Waals surface area contributed by atoms with E-state index in [-0.39, 0.29) is 11.3 Å². The third-order valence-electron chi connectivity index (χ3n) is 5.31. The highest BCUT2D eigenvalue weighted by Gasteiger charge is 2.44. The molecule has 0 aliphatic heterocycles. The van der Waals surface area contributed by atoms with Crippen molar-refractivity contribution in [3.05, 3.63) is 74.3 Å². The van der Waals surface area contributed by atoms with Crippen LogP contribution in [-0.2, 0) is 14.9 Å². The summed E-state index contributed by atoms with van der Waals surface area (Å²) in [6.07, 6.45) is 3.10. The molecule has 0 bridgehead atoms. The molecule has 0 spiro atoms. The maximum atomic E-state index is 12.9. The number of benzene rings is 2. The Hall–Kier alpha value is -2.73. The number of hydrogen-bond donors (Lipinski definition) is 0. The highest BCUT2D eigenvalue weighted by molar-refractivity contribution is 6.30. The number of rotatable bonds is 6. The first-order chi connectivity index (χ1) is 13.3. The molecule has 0 N–H and O–H groups in total. The molecule has 2 aromatic rings. The van der Waals surface area contributed by atoms with Crippen molar-refractivity contribution in [1.82, 2.24) is 0 Å². The number of carbonyl (C=O) groups excluding carboxylic acids is 2. The Morgan fingerprint density at radius 1 is 1.14 bits per heavy atom. The minimum Gasteiger partial charge on any atom is -0.457 e. The maximum absolute atomic E-state index is 12.9. The zero-order valence-corrected chi connectivity index (χ0v) is 16.2. The molecule has 146 valence electrons. The van der Waals surface area contributed by atoms with Gasteiger partial charge in [-0.2, -0.15) is 0 Å². The summed E-state index contributed by atoms with van der Waals surface area (Å²) < 4.78 is 5.37. The van der Waals surface area contributed by atoms with Crippen molar-refractivity contribution in [3.63, 3.8) is 0 Å². The van der Waals surface area contributed by atoms with E-state index in [1.54, 1.807) is 19.1 Å². The van der Waals surface area contributed by atoms with E-state index in [4.69, 9.17) is 16.3 Å². The second kappa shape index (κ2) is 8.10. The number of Topliss-reactive ketones (excluding diaryl/α,β-unsaturated/α-hetero) is 1. The van der Waals surface area contributed by atoms with Crippen LogP contribution in [0, 0.1) is 17.0 Å². The summed E-state index contributed by atoms with van der Waals surface area (Å²) in [6.45, 7) is 1.15. The number of nitrogens with zero attached hydrogens (tertiary/aromatic N) is 1. The summed E-state index contributed by atoms with van der Waals surface area (Å²) >= 11 is 5.95. The highest BCUT2D eigenvalue weighted by Crippen LogP contribution is 2.42. The van der Waals surface area contributed by atoms with Crippen LogP contribution >= 0.6 is 11.6 Å². The number of ketones is 1. The fourth-order valence-corrected chi connectivity index (χ4v) is 3.82. The van der Waals surface area contributed by atoms with E-state index in [1.165, 1.54) is 18.2 Å². The topological polar surface area (TPSA) is 86.5 Å². The van der Waals surface area contributed by atoms with Crippen LogP contribution in [0.15, 0.2) is 42.5 Å². The first-order valence-corrected chi connectivity index (χ1v) is 9.43. The molecular weight excluding hydrogens is 382 g/mol. The SMILES string of the molecule is Cc1ccc(C(=O)COC(=O)C2(c3ccc(Cl)cc3)CCCC2)cc1[N+](=O)[O-]. The molecule has 0 unspecified atom stereocenters. The number of esters is 1. The third-order valence-corrected chi connectivity index (χ3v) is 5.56. The van der Waals surface area contributed by atoms with E-state index in [2.05, 4.69) is 0 Å². The summed E-state index contributed by atoms with van der Waals surface area (Å²) in [5.74, 6) is -0.914. The predicted octanol–water partition coefficient (Wildman–Crippen LogP) is 4.79. The van der Waals surface area contributed by atoms with Crippen LogP contribution in [0.25, 0.3) is 0 Å². The number of nitro groups is 1. The average Bonchev–Trinajstić information content (AvgIpc) is 3.17. The quantitative estimate of drug-likeness (QED) is 0.300. The zero-order chi connectivity index (χ0) is 20.3. The second-order valence-electron chi connectivity index (χ2n) is 7.05. The Balaban J connectivity index is 1.75. The Bertz CT molecular complexity index is 917. The van der Waals surface area contributed by atoms with Crippen molar-refractivity contribution < 1.29 is 19.2 Å². The largest absolute Gasteiger partial charge is 0.457 e. The number of aryl methyl sites for hydroxylation is 1. The standard InChI is InChI=1S/C21H20ClNO5/c1-14-4-5-15(12-18(14)23(26)27)19(24)13-28-20(25)21(10-2-3-11-21)16-6-8-17(22)9-7-16/h4-9,12H,2-3,10-11,13H2,1H3. The van der Waals surface area contributed by atoms with Crippen molar-refractivity contribution >= 4 is 29.0 Å². The van der Waals surface area contributed by atoms with Crippen LogP contribution in [0.5, 0.6) is 0 Å². The lowest BCUT2D eigenvalue weighted by atomic mass is 9.79. The van der Waals surface area contributed by atoms with Gasteiger partial charge in [0, 0.05) is 22.2 Å². The van der Waals surface area contributed by atoms with Crippen molar-refractivity contribution in [2.24, 2.45) is 0 Å². The minimum atomic E-state index is -0.774. The van der Waals surface area contributed by atoms with E-state index < -0.39 is 28.7 Å². The van der Waals surface area contributed by atoms with Gasteiger partial charge in [-0.1, -0.05) is 48.7 Å². The van der Waals surface area contributed by atoms with Gasteiger partial charge in [0.2, 0.25) is 5.78 Å². The number of hydrogen-bond acceptors (Lipinski definition) is 5. The van der Waals surface area contributed by atoms with Gasteiger partial charge in [0.25, 0.3) is 5.69 Å². The van der Waals surface area contributed by atoms with Crippen molar-refractivity contribution in [2.45, 2.75) is 38.0 Å². The Morgan fingerprint density at radius 3 is 2.39 bits per heavy atom. The molecule has 28 heavy (non-hydrogen) atoms. The second-order valence-corrected chi connectivity index (χ2v) is 7.49. The first-order valence-electron chi connectivity index (χ1n) is 9.05. The minimum absolute atomic E-state index is 0.134. The van der Waals surface area contributed by atoms with E-state index >= 15 is 0 Å². The summed E-state index contributed by atoms with van der Waals surface area (Å²) in [4.78, 5) is 35.8. The van der Waals surface area contributed by atoms with Crippen LogP contribution in [-0.4, -0.2) is 23.3 Å². The molecule has 0 atom stereocenters. The lowest BCUT2D eigenvalue weighted by molar-refractivity contribution is -0.385. The van der Waals surface area contributed by atoms with Gasteiger partial charge in [-0.15, -0.1) is 0 Å². The van der Waals surface area contributed by atoms with Crippen LogP contribution in [0.4, 0.5) is 5.69 Å². The monoisotopic (exact) mass is 401 g/mol. The first kappa shape index (κ1) is 20.0. The average molecular weight is 402 g/mol. The lowest BCUT2D eigenvalue weighted by Gasteiger charge is -2.27. The Kier molecular flexibility index (Phi) is 5.79. The number of carbonyl (C=O) groups is 2. The summed E-state index contributed by atoms with van der Waals surface area (Å²) in [5.41, 5.74) is 0.538. The lowest BCUT2D eigenvalue weighted by Crippen LogP contribution is -2.35. The van der Waals surface area contributed by atoms with Gasteiger partial charge in [0.15, 0.2) is 6.61 Å². The normalized spacial score (nSPS) is 15.2. The molecule has 6 nitrogen and oxygen atoms in total. The van der Waals surface area contributed by atoms with Gasteiger partial charge >= 0.3 is 5.97 Å². The fourth-order valence-electron chi connectivity index (χ4n) is 3.69. The van der Waals surface area contributed by atoms with Crippen LogP contribution < -0.4 is 0 Å². The molecule has 0 aromatic heterocycles. The van der Waals surface area contributed by atoms with Gasteiger partial charge in [-0.25, -0.2) is 0 Å². The van der Waals surface area contributed by atoms with E-state index in [1.807, 2.05) is 12.1 Å². The van der Waals surface area contributed by atoms with Crippen molar-refractivity contribution in [3.8, 4) is 0 Å². The molecule has 0 radical (unpaired) electrons. The van der Waals surface area contributed by atoms with Gasteiger partial charge < -0.3 is 4.74 Å². The molecule has 0 amide bonds. The summed E-state index contributed by atoms with van der Waals surface area (Å²) in [5, 5.41) is 11.6. The molecule has 7 heteroatoms. The molecule has 1 aliphatic rings. The summed E-state index contributed by atoms with van der Waals surface area (Å²) in [6, 6.07) is 11.3. The van der Waals surface area contributed by atoms with E-state index in [0.717, 1.165) is 18.4 Å². The van der Waals surface area contributed by atoms with Crippen molar-refractivity contribution in [1.29, 1.82) is 0 Å². The molecule has 2 aromatic carbocycles. The van der Waals surface area contributed by atoms with Gasteiger partial charge in [0.05, 0.1) is 10.3 Å². The molecule has 0 heterocycles. The number of ether oxygens (including phenoxy) is 1.